The molecule has 0 unspecified atom stereocenters. The fourth-order valence-electron chi connectivity index (χ4n) is 2.83. The van der Waals surface area contributed by atoms with Crippen molar-refractivity contribution in [3.8, 4) is 0 Å². The summed E-state index contributed by atoms with van der Waals surface area (Å²) in [6.07, 6.45) is 1.10. The normalized spacial score (nSPS) is 12.0. The van der Waals surface area contributed by atoms with Gasteiger partial charge in [-0.1, -0.05) is 56.3 Å². The summed E-state index contributed by atoms with van der Waals surface area (Å²) in [5.41, 5.74) is 2.13. The van der Waals surface area contributed by atoms with Crippen molar-refractivity contribution >= 4 is 11.9 Å². The largest absolute Gasteiger partial charge is 0.479 e. The van der Waals surface area contributed by atoms with Crippen LogP contribution >= 0.6 is 0 Å². The van der Waals surface area contributed by atoms with Crippen molar-refractivity contribution < 1.29 is 14.7 Å². The third kappa shape index (κ3) is 5.43. The predicted molar refractivity (Wildman–Crippen MR) is 102 cm³/mol. The van der Waals surface area contributed by atoms with E-state index in [1.807, 2.05) is 12.1 Å². The number of benzene rings is 2. The van der Waals surface area contributed by atoms with Gasteiger partial charge in [-0.15, -0.1) is 0 Å². The summed E-state index contributed by atoms with van der Waals surface area (Å²) in [6, 6.07) is 15.0. The molecule has 0 aliphatic rings. The highest BCUT2D eigenvalue weighted by Crippen LogP contribution is 2.15. The molecule has 2 N–H and O–H groups in total. The van der Waals surface area contributed by atoms with Gasteiger partial charge in [-0.3, -0.25) is 9.69 Å². The molecule has 5 nitrogen and oxygen atoms in total. The van der Waals surface area contributed by atoms with Gasteiger partial charge < -0.3 is 10.4 Å². The fraction of sp³-hybridized carbons (Fsp3) is 0.333. The number of nitrogens with zero attached hydrogens (tertiary/aromatic N) is 1. The van der Waals surface area contributed by atoms with Gasteiger partial charge in [0.2, 0.25) is 0 Å². The van der Waals surface area contributed by atoms with Crippen LogP contribution in [0, 0.1) is 0 Å². The summed E-state index contributed by atoms with van der Waals surface area (Å²) in [5.74, 6) is -1.48. The van der Waals surface area contributed by atoms with E-state index in [1.165, 1.54) is 0 Å². The summed E-state index contributed by atoms with van der Waals surface area (Å²) in [6.45, 7) is 7.15. The summed E-state index contributed by atoms with van der Waals surface area (Å²) in [5, 5.41) is 12.0. The van der Waals surface area contributed by atoms with E-state index in [2.05, 4.69) is 24.1 Å². The molecule has 1 amide bonds. The SMILES string of the molecule is CCCN(CC)Cc1ccc(C(=O)N[C@H](C(=O)O)c2ccccc2)cc1. The van der Waals surface area contributed by atoms with E-state index in [9.17, 15) is 14.7 Å². The molecule has 0 heterocycles. The van der Waals surface area contributed by atoms with Crippen molar-refractivity contribution in [1.29, 1.82) is 0 Å². The molecule has 5 heteroatoms. The average molecular weight is 354 g/mol. The van der Waals surface area contributed by atoms with Crippen LogP contribution in [-0.2, 0) is 11.3 Å². The second-order valence-corrected chi connectivity index (χ2v) is 6.22. The lowest BCUT2D eigenvalue weighted by Crippen LogP contribution is -2.33. The van der Waals surface area contributed by atoms with E-state index < -0.39 is 17.9 Å². The maximum absolute atomic E-state index is 12.4. The van der Waals surface area contributed by atoms with E-state index in [0.29, 0.717) is 11.1 Å². The van der Waals surface area contributed by atoms with E-state index >= 15 is 0 Å². The van der Waals surface area contributed by atoms with E-state index in [1.54, 1.807) is 42.5 Å². The lowest BCUT2D eigenvalue weighted by Gasteiger charge is -2.19. The molecule has 2 aromatic carbocycles. The molecule has 0 radical (unpaired) electrons. The maximum Gasteiger partial charge on any atom is 0.330 e. The summed E-state index contributed by atoms with van der Waals surface area (Å²) in [7, 11) is 0. The molecule has 26 heavy (non-hydrogen) atoms. The highest BCUT2D eigenvalue weighted by atomic mass is 16.4. The Morgan fingerprint density at radius 2 is 1.69 bits per heavy atom. The van der Waals surface area contributed by atoms with Crippen molar-refractivity contribution in [3.05, 3.63) is 71.3 Å². The molecular weight excluding hydrogens is 328 g/mol. The Bertz CT molecular complexity index is 714. The molecule has 2 aromatic rings. The van der Waals surface area contributed by atoms with Gasteiger partial charge in [0.15, 0.2) is 6.04 Å². The van der Waals surface area contributed by atoms with Crippen LogP contribution in [-0.4, -0.2) is 35.0 Å². The van der Waals surface area contributed by atoms with Gasteiger partial charge in [0.25, 0.3) is 5.91 Å². The van der Waals surface area contributed by atoms with Crippen LogP contribution < -0.4 is 5.32 Å². The minimum atomic E-state index is -1.08. The Morgan fingerprint density at radius 1 is 1.04 bits per heavy atom. The number of nitrogens with one attached hydrogen (secondary N) is 1. The number of carbonyl (C=O) groups excluding carboxylic acids is 1. The smallest absolute Gasteiger partial charge is 0.330 e. The Labute approximate surface area is 154 Å². The van der Waals surface area contributed by atoms with E-state index in [0.717, 1.165) is 31.6 Å². The van der Waals surface area contributed by atoms with Gasteiger partial charge in [0, 0.05) is 12.1 Å². The number of aliphatic carboxylic acids is 1. The molecule has 0 aliphatic carbocycles. The Hall–Kier alpha value is -2.66. The molecule has 0 spiro atoms. The monoisotopic (exact) mass is 354 g/mol. The van der Waals surface area contributed by atoms with Crippen LogP contribution in [0.15, 0.2) is 54.6 Å². The first-order chi connectivity index (χ1) is 12.5. The standard InChI is InChI=1S/C21H26N2O3/c1-3-14-23(4-2)15-16-10-12-18(13-11-16)20(24)22-19(21(25)26)17-8-6-5-7-9-17/h5-13,19H,3-4,14-15H2,1-2H3,(H,22,24)(H,25,26)/t19-/m0/s1. The third-order valence-electron chi connectivity index (χ3n) is 4.26. The maximum atomic E-state index is 12.4. The van der Waals surface area contributed by atoms with Crippen LogP contribution in [0.5, 0.6) is 0 Å². The predicted octanol–water partition coefficient (Wildman–Crippen LogP) is 3.47. The zero-order chi connectivity index (χ0) is 18.9. The zero-order valence-electron chi connectivity index (χ0n) is 15.3. The average Bonchev–Trinajstić information content (AvgIpc) is 2.66. The fourth-order valence-corrected chi connectivity index (χ4v) is 2.83. The van der Waals surface area contributed by atoms with Crippen molar-refractivity contribution in [3.63, 3.8) is 0 Å². The first kappa shape index (κ1) is 19.7. The lowest BCUT2D eigenvalue weighted by atomic mass is 10.1. The van der Waals surface area contributed by atoms with Crippen LogP contribution in [0.4, 0.5) is 0 Å². The van der Waals surface area contributed by atoms with Crippen molar-refractivity contribution in [2.45, 2.75) is 32.9 Å². The molecule has 0 aliphatic heterocycles. The Balaban J connectivity index is 2.06. The minimum Gasteiger partial charge on any atom is -0.479 e. The number of amides is 1. The summed E-state index contributed by atoms with van der Waals surface area (Å²) < 4.78 is 0. The molecule has 0 aromatic heterocycles. The van der Waals surface area contributed by atoms with Crippen molar-refractivity contribution in [2.24, 2.45) is 0 Å². The molecule has 0 saturated heterocycles. The molecule has 0 fully saturated rings. The molecular formula is C21H26N2O3. The highest BCUT2D eigenvalue weighted by molar-refractivity contribution is 5.96. The van der Waals surface area contributed by atoms with Crippen LogP contribution in [0.2, 0.25) is 0 Å². The van der Waals surface area contributed by atoms with Gasteiger partial charge in [0.1, 0.15) is 0 Å². The molecule has 0 bridgehead atoms. The molecule has 1 atom stereocenters. The Morgan fingerprint density at radius 3 is 2.23 bits per heavy atom. The minimum absolute atomic E-state index is 0.395. The Kier molecular flexibility index (Phi) is 7.36. The third-order valence-corrected chi connectivity index (χ3v) is 4.26. The number of carbonyl (C=O) groups is 2. The first-order valence-corrected chi connectivity index (χ1v) is 8.95. The number of carboxylic acids is 1. The van der Waals surface area contributed by atoms with E-state index in [-0.39, 0.29) is 0 Å². The van der Waals surface area contributed by atoms with Gasteiger partial charge in [-0.05, 0) is 42.8 Å². The second-order valence-electron chi connectivity index (χ2n) is 6.22. The van der Waals surface area contributed by atoms with Gasteiger partial charge in [-0.2, -0.15) is 0 Å². The number of carboxylic acid groups (broad SMARTS) is 1. The second kappa shape index (κ2) is 9.73. The zero-order valence-corrected chi connectivity index (χ0v) is 15.3. The number of hydrogen-bond donors (Lipinski definition) is 2. The number of hydrogen-bond acceptors (Lipinski definition) is 3. The lowest BCUT2D eigenvalue weighted by molar-refractivity contribution is -0.139. The quantitative estimate of drug-likeness (QED) is 0.723. The molecule has 2 rings (SSSR count). The molecule has 0 saturated carbocycles. The van der Waals surface area contributed by atoms with Crippen molar-refractivity contribution in [2.75, 3.05) is 13.1 Å². The van der Waals surface area contributed by atoms with Crippen LogP contribution in [0.3, 0.4) is 0 Å². The molecule has 138 valence electrons. The first-order valence-electron chi connectivity index (χ1n) is 8.95. The van der Waals surface area contributed by atoms with Gasteiger partial charge in [-0.25, -0.2) is 4.79 Å². The topological polar surface area (TPSA) is 69.6 Å². The summed E-state index contributed by atoms with van der Waals surface area (Å²) in [4.78, 5) is 26.3. The van der Waals surface area contributed by atoms with Gasteiger partial charge in [0.05, 0.1) is 0 Å². The summed E-state index contributed by atoms with van der Waals surface area (Å²) >= 11 is 0. The number of rotatable bonds is 9. The van der Waals surface area contributed by atoms with Gasteiger partial charge >= 0.3 is 5.97 Å². The van der Waals surface area contributed by atoms with Crippen LogP contribution in [0.25, 0.3) is 0 Å². The van der Waals surface area contributed by atoms with Crippen molar-refractivity contribution in [1.82, 2.24) is 10.2 Å². The van der Waals surface area contributed by atoms with Crippen LogP contribution in [0.1, 0.15) is 47.8 Å². The van der Waals surface area contributed by atoms with E-state index in [4.69, 9.17) is 0 Å². The highest BCUT2D eigenvalue weighted by Gasteiger charge is 2.22.